The summed E-state index contributed by atoms with van der Waals surface area (Å²) < 4.78 is 4.95. The van der Waals surface area contributed by atoms with Gasteiger partial charge in [-0.1, -0.05) is 0 Å². The number of primary amides is 1. The molecule has 2 amide bonds. The zero-order valence-electron chi connectivity index (χ0n) is 10.2. The molecule has 3 N–H and O–H groups in total. The average Bonchev–Trinajstić information content (AvgIpc) is 2.87. The molecule has 0 aliphatic carbocycles. The number of aromatic carboxylic acids is 1. The molecular formula is C12H14N2O5. The summed E-state index contributed by atoms with van der Waals surface area (Å²) in [7, 11) is 0. The van der Waals surface area contributed by atoms with Crippen LogP contribution in [0.2, 0.25) is 0 Å². The first-order chi connectivity index (χ1) is 8.99. The van der Waals surface area contributed by atoms with Crippen LogP contribution in [0.3, 0.4) is 0 Å². The molecule has 0 saturated carbocycles. The minimum atomic E-state index is -1.23. The molecule has 0 radical (unpaired) electrons. The lowest BCUT2D eigenvalue weighted by atomic mass is 9.97. The van der Waals surface area contributed by atoms with E-state index in [9.17, 15) is 14.4 Å². The Labute approximate surface area is 109 Å². The molecule has 102 valence electrons. The molecule has 2 heterocycles. The van der Waals surface area contributed by atoms with Crippen molar-refractivity contribution >= 4 is 17.8 Å². The molecular weight excluding hydrogens is 252 g/mol. The van der Waals surface area contributed by atoms with Gasteiger partial charge in [0.1, 0.15) is 0 Å². The number of carboxylic acids is 1. The van der Waals surface area contributed by atoms with Crippen LogP contribution in [0.15, 0.2) is 16.5 Å². The summed E-state index contributed by atoms with van der Waals surface area (Å²) >= 11 is 0. The van der Waals surface area contributed by atoms with Crippen molar-refractivity contribution < 1.29 is 23.9 Å². The Hall–Kier alpha value is -2.31. The number of hydrogen-bond acceptors (Lipinski definition) is 4. The number of amides is 2. The fourth-order valence-corrected chi connectivity index (χ4v) is 2.12. The summed E-state index contributed by atoms with van der Waals surface area (Å²) in [6.45, 7) is 0.753. The van der Waals surface area contributed by atoms with Crippen molar-refractivity contribution in [1.82, 2.24) is 4.90 Å². The van der Waals surface area contributed by atoms with Crippen LogP contribution in [-0.2, 0) is 4.79 Å². The lowest BCUT2D eigenvalue weighted by Gasteiger charge is -2.30. The predicted molar refractivity (Wildman–Crippen MR) is 63.5 cm³/mol. The average molecular weight is 266 g/mol. The molecule has 1 aliphatic rings. The van der Waals surface area contributed by atoms with Crippen LogP contribution in [0.25, 0.3) is 0 Å². The summed E-state index contributed by atoms with van der Waals surface area (Å²) in [5.41, 5.74) is 5.23. The van der Waals surface area contributed by atoms with Crippen LogP contribution in [0.1, 0.15) is 34.0 Å². The summed E-state index contributed by atoms with van der Waals surface area (Å²) in [6.07, 6.45) is 1.35. The Balaban J connectivity index is 2.10. The highest BCUT2D eigenvalue weighted by Gasteiger charge is 2.29. The lowest BCUT2D eigenvalue weighted by Crippen LogP contribution is -2.44. The maximum absolute atomic E-state index is 12.1. The highest BCUT2D eigenvalue weighted by Crippen LogP contribution is 2.19. The van der Waals surface area contributed by atoms with E-state index in [4.69, 9.17) is 15.3 Å². The number of carbonyl (C=O) groups is 3. The first kappa shape index (κ1) is 13.1. The quantitative estimate of drug-likeness (QED) is 0.817. The van der Waals surface area contributed by atoms with E-state index in [1.54, 1.807) is 0 Å². The molecule has 0 aromatic carbocycles. The summed E-state index contributed by atoms with van der Waals surface area (Å²) in [5.74, 6) is -2.75. The Kier molecular flexibility index (Phi) is 3.55. The molecule has 2 rings (SSSR count). The van der Waals surface area contributed by atoms with E-state index < -0.39 is 17.8 Å². The second-order valence-corrected chi connectivity index (χ2v) is 4.46. The molecule has 1 saturated heterocycles. The highest BCUT2D eigenvalue weighted by molar-refractivity contribution is 5.94. The number of carboxylic acid groups (broad SMARTS) is 1. The van der Waals surface area contributed by atoms with E-state index >= 15 is 0 Å². The van der Waals surface area contributed by atoms with Crippen molar-refractivity contribution in [2.24, 2.45) is 11.7 Å². The number of furan rings is 1. The maximum Gasteiger partial charge on any atom is 0.371 e. The zero-order valence-corrected chi connectivity index (χ0v) is 10.2. The van der Waals surface area contributed by atoms with Crippen LogP contribution in [0.4, 0.5) is 0 Å². The lowest BCUT2D eigenvalue weighted by molar-refractivity contribution is -0.123. The topological polar surface area (TPSA) is 114 Å². The fraction of sp³-hybridized carbons (Fsp3) is 0.417. The molecule has 1 atom stereocenters. The zero-order chi connectivity index (χ0) is 14.0. The number of nitrogens with zero attached hydrogens (tertiary/aromatic N) is 1. The van der Waals surface area contributed by atoms with E-state index in [0.29, 0.717) is 19.4 Å². The summed E-state index contributed by atoms with van der Waals surface area (Å²) in [5, 5.41) is 8.73. The molecule has 1 aliphatic heterocycles. The third-order valence-corrected chi connectivity index (χ3v) is 3.14. The van der Waals surface area contributed by atoms with E-state index in [1.807, 2.05) is 0 Å². The number of rotatable bonds is 3. The third-order valence-electron chi connectivity index (χ3n) is 3.14. The summed E-state index contributed by atoms with van der Waals surface area (Å²) in [6, 6.07) is 2.55. The first-order valence-electron chi connectivity index (χ1n) is 5.90. The fourth-order valence-electron chi connectivity index (χ4n) is 2.12. The normalized spacial score (nSPS) is 19.2. The van der Waals surface area contributed by atoms with Gasteiger partial charge in [0, 0.05) is 13.1 Å². The molecule has 1 aromatic rings. The molecule has 19 heavy (non-hydrogen) atoms. The smallest absolute Gasteiger partial charge is 0.371 e. The molecule has 7 heteroatoms. The number of nitrogens with two attached hydrogens (primary N) is 1. The van der Waals surface area contributed by atoms with Crippen molar-refractivity contribution in [3.05, 3.63) is 23.7 Å². The van der Waals surface area contributed by atoms with Crippen LogP contribution in [0, 0.1) is 5.92 Å². The molecule has 1 aromatic heterocycles. The van der Waals surface area contributed by atoms with Crippen molar-refractivity contribution in [3.63, 3.8) is 0 Å². The van der Waals surface area contributed by atoms with Crippen molar-refractivity contribution in [1.29, 1.82) is 0 Å². The minimum Gasteiger partial charge on any atom is -0.475 e. The third kappa shape index (κ3) is 2.75. The van der Waals surface area contributed by atoms with Gasteiger partial charge in [-0.2, -0.15) is 0 Å². The van der Waals surface area contributed by atoms with Crippen LogP contribution in [0.5, 0.6) is 0 Å². The van der Waals surface area contributed by atoms with Gasteiger partial charge < -0.3 is 20.2 Å². The highest BCUT2D eigenvalue weighted by atomic mass is 16.4. The Morgan fingerprint density at radius 2 is 2.00 bits per heavy atom. The largest absolute Gasteiger partial charge is 0.475 e. The van der Waals surface area contributed by atoms with Gasteiger partial charge in [0.05, 0.1) is 5.92 Å². The van der Waals surface area contributed by atoms with Gasteiger partial charge in [0.2, 0.25) is 11.7 Å². The minimum absolute atomic E-state index is 0.0393. The SMILES string of the molecule is NC(=O)C1CCCN(C(=O)c2ccc(C(=O)O)o2)C1. The van der Waals surface area contributed by atoms with Crippen molar-refractivity contribution in [2.45, 2.75) is 12.8 Å². The summed E-state index contributed by atoms with van der Waals surface area (Å²) in [4.78, 5) is 35.4. The first-order valence-corrected chi connectivity index (χ1v) is 5.90. The van der Waals surface area contributed by atoms with Gasteiger partial charge in [0.25, 0.3) is 5.91 Å². The molecule has 0 bridgehead atoms. The molecule has 0 spiro atoms. The van der Waals surface area contributed by atoms with Crippen molar-refractivity contribution in [3.8, 4) is 0 Å². The van der Waals surface area contributed by atoms with E-state index in [0.717, 1.165) is 0 Å². The molecule has 7 nitrogen and oxygen atoms in total. The molecule has 1 fully saturated rings. The monoisotopic (exact) mass is 266 g/mol. The second kappa shape index (κ2) is 5.13. The van der Waals surface area contributed by atoms with E-state index in [-0.39, 0.29) is 24.0 Å². The Morgan fingerprint density at radius 1 is 1.32 bits per heavy atom. The molecule has 1 unspecified atom stereocenters. The van der Waals surface area contributed by atoms with Gasteiger partial charge in [-0.15, -0.1) is 0 Å². The Bertz CT molecular complexity index is 522. The van der Waals surface area contributed by atoms with Crippen LogP contribution >= 0.6 is 0 Å². The van der Waals surface area contributed by atoms with Crippen molar-refractivity contribution in [2.75, 3.05) is 13.1 Å². The van der Waals surface area contributed by atoms with Crippen LogP contribution < -0.4 is 5.73 Å². The number of piperidine rings is 1. The van der Waals surface area contributed by atoms with Gasteiger partial charge in [-0.3, -0.25) is 9.59 Å². The van der Waals surface area contributed by atoms with Gasteiger partial charge >= 0.3 is 5.97 Å². The standard InChI is InChI=1S/C12H14N2O5/c13-10(15)7-2-1-5-14(6-7)11(16)8-3-4-9(19-8)12(17)18/h3-4,7H,1-2,5-6H2,(H2,13,15)(H,17,18). The predicted octanol–water partition coefficient (Wildman–Crippen LogP) is 0.315. The second-order valence-electron chi connectivity index (χ2n) is 4.46. The van der Waals surface area contributed by atoms with E-state index in [1.165, 1.54) is 17.0 Å². The van der Waals surface area contributed by atoms with Gasteiger partial charge in [0.15, 0.2) is 5.76 Å². The van der Waals surface area contributed by atoms with Gasteiger partial charge in [-0.05, 0) is 25.0 Å². The van der Waals surface area contributed by atoms with Gasteiger partial charge in [-0.25, -0.2) is 4.79 Å². The number of carbonyl (C=O) groups excluding carboxylic acids is 2. The van der Waals surface area contributed by atoms with Crippen LogP contribution in [-0.4, -0.2) is 40.9 Å². The number of likely N-dealkylation sites (tertiary alicyclic amines) is 1. The van der Waals surface area contributed by atoms with E-state index in [2.05, 4.69) is 0 Å². The number of hydrogen-bond donors (Lipinski definition) is 2. The maximum atomic E-state index is 12.1. The Morgan fingerprint density at radius 3 is 2.58 bits per heavy atom.